The van der Waals surface area contributed by atoms with E-state index in [-0.39, 0.29) is 27.7 Å². The molecule has 2 nitrogen and oxygen atoms in total. The third-order valence-electron chi connectivity index (χ3n) is 2.82. The fraction of sp³-hybridized carbons (Fsp3) is 0.833. The van der Waals surface area contributed by atoms with E-state index < -0.39 is 0 Å². The molecule has 0 aliphatic heterocycles. The van der Waals surface area contributed by atoms with Crippen molar-refractivity contribution in [3.63, 3.8) is 0 Å². The molecule has 0 saturated heterocycles. The van der Waals surface area contributed by atoms with Crippen molar-refractivity contribution in [2.45, 2.75) is 64.2 Å². The zero-order chi connectivity index (χ0) is 10.2. The van der Waals surface area contributed by atoms with Gasteiger partial charge in [-0.25, -0.2) is 0 Å². The van der Waals surface area contributed by atoms with Crippen LogP contribution in [0.15, 0.2) is 0 Å². The summed E-state index contributed by atoms with van der Waals surface area (Å²) in [6.45, 7) is 0. The van der Waals surface area contributed by atoms with E-state index in [4.69, 9.17) is 0 Å². The topological polar surface area (TPSA) is 34.1 Å². The Hall–Kier alpha value is 0.275. The minimum atomic E-state index is 0. The predicted molar refractivity (Wildman–Crippen MR) is 56.2 cm³/mol. The van der Waals surface area contributed by atoms with Crippen molar-refractivity contribution >= 4 is 11.6 Å². The molecular weight excluding hydrogens is 377 g/mol. The van der Waals surface area contributed by atoms with Crippen molar-refractivity contribution in [3.8, 4) is 0 Å². The summed E-state index contributed by atoms with van der Waals surface area (Å²) in [5, 5.41) is 0. The molecular formula is C12H20HgO2. The molecule has 2 rings (SSSR count). The van der Waals surface area contributed by atoms with E-state index in [2.05, 4.69) is 0 Å². The largest absolute Gasteiger partial charge is 0.300 e. The number of Topliss-reactive ketones (excluding diaryl/α,β-unsaturated/α-hetero) is 2. The Bertz CT molecular complexity index is 164. The monoisotopic (exact) mass is 398 g/mol. The maximum absolute atomic E-state index is 10.5. The first-order chi connectivity index (χ1) is 6.79. The Balaban J connectivity index is 0.000000245. The van der Waals surface area contributed by atoms with Crippen LogP contribution in [0.1, 0.15) is 64.2 Å². The molecule has 2 fully saturated rings. The van der Waals surface area contributed by atoms with Gasteiger partial charge in [-0.1, -0.05) is 12.8 Å². The van der Waals surface area contributed by atoms with Gasteiger partial charge in [-0.3, -0.25) is 9.59 Å². The Morgan fingerprint density at radius 3 is 0.933 bits per heavy atom. The van der Waals surface area contributed by atoms with Gasteiger partial charge < -0.3 is 0 Å². The molecule has 0 N–H and O–H groups in total. The number of hydrogen-bond acceptors (Lipinski definition) is 2. The van der Waals surface area contributed by atoms with Crippen molar-refractivity contribution in [1.29, 1.82) is 0 Å². The third kappa shape index (κ3) is 8.12. The summed E-state index contributed by atoms with van der Waals surface area (Å²) in [4.78, 5) is 20.9. The van der Waals surface area contributed by atoms with Crippen molar-refractivity contribution < 1.29 is 37.3 Å². The van der Waals surface area contributed by atoms with Gasteiger partial charge in [-0.05, 0) is 25.7 Å². The van der Waals surface area contributed by atoms with E-state index in [0.29, 0.717) is 11.6 Å². The second-order valence-corrected chi connectivity index (χ2v) is 4.20. The normalized spacial score (nSPS) is 21.1. The summed E-state index contributed by atoms with van der Waals surface area (Å²) in [5.74, 6) is 0.928. The first-order valence-corrected chi connectivity index (χ1v) is 5.82. The zero-order valence-electron chi connectivity index (χ0n) is 9.59. The summed E-state index contributed by atoms with van der Waals surface area (Å²) in [6, 6.07) is 0. The summed E-state index contributed by atoms with van der Waals surface area (Å²) in [7, 11) is 0. The van der Waals surface area contributed by atoms with Crippen LogP contribution in [-0.2, 0) is 37.3 Å². The molecule has 3 heteroatoms. The maximum Gasteiger partial charge on any atom is 0.132 e. The van der Waals surface area contributed by atoms with Gasteiger partial charge in [0.1, 0.15) is 11.6 Å². The average molecular weight is 397 g/mol. The zero-order valence-corrected chi connectivity index (χ0v) is 15.1. The molecule has 0 atom stereocenters. The van der Waals surface area contributed by atoms with Crippen LogP contribution in [0.2, 0.25) is 0 Å². The Kier molecular flexibility index (Phi) is 9.67. The molecule has 2 aliphatic rings. The summed E-state index contributed by atoms with van der Waals surface area (Å²) >= 11 is 0. The van der Waals surface area contributed by atoms with Crippen LogP contribution in [0.25, 0.3) is 0 Å². The van der Waals surface area contributed by atoms with Gasteiger partial charge in [0, 0.05) is 53.4 Å². The number of rotatable bonds is 0. The molecule has 0 unspecified atom stereocenters. The van der Waals surface area contributed by atoms with E-state index in [1.165, 1.54) is 12.8 Å². The van der Waals surface area contributed by atoms with Gasteiger partial charge in [0.05, 0.1) is 0 Å². The molecule has 0 aromatic heterocycles. The standard InChI is InChI=1S/2C6H10O.Hg/c2*7-6-4-2-1-3-5-6;/h2*1-5H2;. The minimum Gasteiger partial charge on any atom is -0.300 e. The average Bonchev–Trinajstić information content (AvgIpc) is 2.21. The first kappa shape index (κ1) is 15.3. The van der Waals surface area contributed by atoms with Crippen LogP contribution in [0.3, 0.4) is 0 Å². The molecule has 2 saturated carbocycles. The van der Waals surface area contributed by atoms with Crippen LogP contribution in [0, 0.1) is 0 Å². The number of hydrogen-bond donors (Lipinski definition) is 0. The van der Waals surface area contributed by atoms with E-state index in [9.17, 15) is 9.59 Å². The number of carbonyl (C=O) groups excluding carboxylic acids is 2. The Labute approximate surface area is 113 Å². The van der Waals surface area contributed by atoms with Crippen molar-refractivity contribution in [1.82, 2.24) is 0 Å². The van der Waals surface area contributed by atoms with E-state index >= 15 is 0 Å². The van der Waals surface area contributed by atoms with Gasteiger partial charge in [-0.2, -0.15) is 0 Å². The van der Waals surface area contributed by atoms with Crippen LogP contribution < -0.4 is 0 Å². The summed E-state index contributed by atoms with van der Waals surface area (Å²) in [6.07, 6.45) is 10.5. The van der Waals surface area contributed by atoms with Crippen LogP contribution in [-0.4, -0.2) is 11.6 Å². The maximum atomic E-state index is 10.5. The minimum absolute atomic E-state index is 0. The second kappa shape index (κ2) is 9.50. The third-order valence-corrected chi connectivity index (χ3v) is 2.82. The molecule has 0 radical (unpaired) electrons. The molecule has 82 valence electrons. The van der Waals surface area contributed by atoms with Gasteiger partial charge >= 0.3 is 0 Å². The fourth-order valence-electron chi connectivity index (χ4n) is 1.89. The van der Waals surface area contributed by atoms with Gasteiger partial charge in [0.15, 0.2) is 0 Å². The molecule has 0 aromatic carbocycles. The second-order valence-electron chi connectivity index (χ2n) is 4.20. The molecule has 15 heavy (non-hydrogen) atoms. The fourth-order valence-corrected chi connectivity index (χ4v) is 1.89. The number of carbonyl (C=O) groups is 2. The van der Waals surface area contributed by atoms with Crippen LogP contribution >= 0.6 is 0 Å². The molecule has 2 aliphatic carbocycles. The van der Waals surface area contributed by atoms with Gasteiger partial charge in [-0.15, -0.1) is 0 Å². The van der Waals surface area contributed by atoms with Crippen LogP contribution in [0.4, 0.5) is 0 Å². The first-order valence-electron chi connectivity index (χ1n) is 5.82. The van der Waals surface area contributed by atoms with Crippen molar-refractivity contribution in [3.05, 3.63) is 0 Å². The molecule has 0 spiro atoms. The number of ketones is 2. The molecule has 0 amide bonds. The van der Waals surface area contributed by atoms with Gasteiger partial charge in [0.2, 0.25) is 0 Å². The quantitative estimate of drug-likeness (QED) is 0.590. The molecule has 0 aromatic rings. The van der Waals surface area contributed by atoms with E-state index in [1.54, 1.807) is 0 Å². The smallest absolute Gasteiger partial charge is 0.132 e. The van der Waals surface area contributed by atoms with Gasteiger partial charge in [0.25, 0.3) is 0 Å². The SMILES string of the molecule is O=C1CCCCC1.O=C1CCCCC1.[Hg]. The Morgan fingerprint density at radius 1 is 0.533 bits per heavy atom. The summed E-state index contributed by atoms with van der Waals surface area (Å²) in [5.41, 5.74) is 0. The van der Waals surface area contributed by atoms with Crippen LogP contribution in [0.5, 0.6) is 0 Å². The molecule has 0 heterocycles. The van der Waals surface area contributed by atoms with Crippen molar-refractivity contribution in [2.24, 2.45) is 0 Å². The Morgan fingerprint density at radius 2 is 0.800 bits per heavy atom. The predicted octanol–water partition coefficient (Wildman–Crippen LogP) is 3.04. The van der Waals surface area contributed by atoms with Crippen molar-refractivity contribution in [2.75, 3.05) is 0 Å². The summed E-state index contributed by atoms with van der Waals surface area (Å²) < 4.78 is 0. The van der Waals surface area contributed by atoms with E-state index in [0.717, 1.165) is 51.4 Å². The molecule has 0 bridgehead atoms. The van der Waals surface area contributed by atoms with E-state index in [1.807, 2.05) is 0 Å².